The van der Waals surface area contributed by atoms with Crippen molar-refractivity contribution >= 4 is 21.4 Å². The van der Waals surface area contributed by atoms with Gasteiger partial charge in [0.1, 0.15) is 10.3 Å². The third kappa shape index (κ3) is 3.98. The van der Waals surface area contributed by atoms with Crippen molar-refractivity contribution in [1.82, 2.24) is 14.5 Å². The van der Waals surface area contributed by atoms with Gasteiger partial charge in [0, 0.05) is 16.1 Å². The smallest absolute Gasteiger partial charge is 0.237 e. The largest absolute Gasteiger partial charge is 0.409 e. The van der Waals surface area contributed by atoms with E-state index in [-0.39, 0.29) is 21.2 Å². The summed E-state index contributed by atoms with van der Waals surface area (Å²) in [6, 6.07) is 9.13. The molecule has 1 atom stereocenters. The first kappa shape index (κ1) is 20.6. The van der Waals surface area contributed by atoms with E-state index in [4.69, 9.17) is 0 Å². The summed E-state index contributed by atoms with van der Waals surface area (Å²) in [5.74, 6) is 0. The molecule has 3 rings (SSSR count). The van der Waals surface area contributed by atoms with Crippen molar-refractivity contribution < 1.29 is 21.6 Å². The van der Waals surface area contributed by atoms with Crippen LogP contribution in [0.3, 0.4) is 0 Å². The van der Waals surface area contributed by atoms with Crippen LogP contribution >= 0.6 is 11.3 Å². The number of para-hydroxylation sites is 1. The molecular formula is C18H18F3N3O2S2. The van der Waals surface area contributed by atoms with E-state index in [9.17, 15) is 21.6 Å². The molecule has 0 radical (unpaired) electrons. The number of alkyl halides is 3. The zero-order valence-corrected chi connectivity index (χ0v) is 16.9. The molecule has 0 saturated carbocycles. The number of nitrogens with one attached hydrogen (secondary N) is 1. The lowest BCUT2D eigenvalue weighted by atomic mass is 10.1. The van der Waals surface area contributed by atoms with Crippen LogP contribution in [0.4, 0.5) is 13.2 Å². The minimum atomic E-state index is -4.83. The van der Waals surface area contributed by atoms with Crippen LogP contribution < -0.4 is 4.72 Å². The van der Waals surface area contributed by atoms with Crippen molar-refractivity contribution in [1.29, 1.82) is 0 Å². The number of benzene rings is 1. The van der Waals surface area contributed by atoms with Crippen LogP contribution in [0.25, 0.3) is 5.69 Å². The van der Waals surface area contributed by atoms with E-state index in [0.717, 1.165) is 11.3 Å². The third-order valence-corrected chi connectivity index (χ3v) is 7.13. The molecule has 0 aliphatic rings. The van der Waals surface area contributed by atoms with Gasteiger partial charge in [-0.25, -0.2) is 13.1 Å². The second kappa shape index (κ2) is 7.34. The molecule has 2 aromatic heterocycles. The van der Waals surface area contributed by atoms with Gasteiger partial charge in [-0.3, -0.25) is 0 Å². The van der Waals surface area contributed by atoms with Gasteiger partial charge in [0.25, 0.3) is 10.0 Å². The maximum atomic E-state index is 13.9. The molecule has 5 nitrogen and oxygen atoms in total. The van der Waals surface area contributed by atoms with Crippen molar-refractivity contribution in [3.8, 4) is 5.69 Å². The third-order valence-electron chi connectivity index (χ3n) is 4.22. The second-order valence-corrected chi connectivity index (χ2v) is 9.52. The van der Waals surface area contributed by atoms with Crippen molar-refractivity contribution in [2.24, 2.45) is 0 Å². The van der Waals surface area contributed by atoms with E-state index in [1.807, 2.05) is 4.72 Å². The molecule has 0 saturated heterocycles. The molecule has 3 aromatic rings. The number of aryl methyl sites for hydroxylation is 2. The Morgan fingerprint density at radius 1 is 1.07 bits per heavy atom. The van der Waals surface area contributed by atoms with Crippen LogP contribution in [0.15, 0.2) is 46.7 Å². The van der Waals surface area contributed by atoms with Crippen molar-refractivity contribution in [3.63, 3.8) is 0 Å². The van der Waals surface area contributed by atoms with Crippen LogP contribution in [0.5, 0.6) is 0 Å². The highest BCUT2D eigenvalue weighted by Crippen LogP contribution is 2.38. The molecule has 0 bridgehead atoms. The highest BCUT2D eigenvalue weighted by Gasteiger charge is 2.46. The Balaban J connectivity index is 2.08. The molecule has 28 heavy (non-hydrogen) atoms. The number of sulfonamides is 1. The average Bonchev–Trinajstić information content (AvgIpc) is 3.17. The molecule has 0 aliphatic heterocycles. The average molecular weight is 429 g/mol. The Morgan fingerprint density at radius 2 is 1.71 bits per heavy atom. The summed E-state index contributed by atoms with van der Waals surface area (Å²) in [5, 5.41) is 4.21. The summed E-state index contributed by atoms with van der Waals surface area (Å²) < 4.78 is 69.7. The van der Waals surface area contributed by atoms with Crippen LogP contribution in [0.1, 0.15) is 27.9 Å². The number of hydrogen-bond donors (Lipinski definition) is 1. The van der Waals surface area contributed by atoms with Gasteiger partial charge in [0.05, 0.1) is 11.4 Å². The van der Waals surface area contributed by atoms with E-state index >= 15 is 0 Å². The fourth-order valence-corrected chi connectivity index (χ4v) is 5.44. The Hall–Kier alpha value is -2.17. The number of rotatable bonds is 5. The van der Waals surface area contributed by atoms with E-state index in [1.165, 1.54) is 24.6 Å². The van der Waals surface area contributed by atoms with Crippen molar-refractivity contribution in [2.45, 2.75) is 37.2 Å². The molecule has 1 N–H and O–H groups in total. The van der Waals surface area contributed by atoms with E-state index in [2.05, 4.69) is 5.10 Å². The molecule has 10 heteroatoms. The lowest BCUT2D eigenvalue weighted by Gasteiger charge is -2.22. The number of aromatic nitrogens is 2. The topological polar surface area (TPSA) is 64.0 Å². The van der Waals surface area contributed by atoms with E-state index in [0.29, 0.717) is 10.6 Å². The maximum absolute atomic E-state index is 13.9. The summed E-state index contributed by atoms with van der Waals surface area (Å²) in [4.78, 5) is 0.688. The first-order chi connectivity index (χ1) is 13.0. The molecule has 0 amide bonds. The minimum Gasteiger partial charge on any atom is -0.237 e. The molecule has 1 aromatic carbocycles. The second-order valence-electron chi connectivity index (χ2n) is 6.29. The lowest BCUT2D eigenvalue weighted by molar-refractivity contribution is -0.153. The van der Waals surface area contributed by atoms with Crippen LogP contribution in [0, 0.1) is 20.8 Å². The number of thiophene rings is 1. The number of hydrogen-bond acceptors (Lipinski definition) is 4. The molecule has 0 fully saturated rings. The highest BCUT2D eigenvalue weighted by atomic mass is 32.2. The molecule has 0 aliphatic carbocycles. The first-order valence-corrected chi connectivity index (χ1v) is 10.6. The molecule has 150 valence electrons. The Kier molecular flexibility index (Phi) is 5.39. The predicted molar refractivity (Wildman–Crippen MR) is 101 cm³/mol. The zero-order chi connectivity index (χ0) is 20.7. The lowest BCUT2D eigenvalue weighted by Crippen LogP contribution is -2.38. The summed E-state index contributed by atoms with van der Waals surface area (Å²) in [6.45, 7) is 4.61. The van der Waals surface area contributed by atoms with Gasteiger partial charge in [-0.15, -0.1) is 11.3 Å². The Morgan fingerprint density at radius 3 is 2.25 bits per heavy atom. The Bertz CT molecular complexity index is 1090. The molecule has 2 heterocycles. The van der Waals surface area contributed by atoms with Crippen LogP contribution in [0.2, 0.25) is 0 Å². The molecule has 0 unspecified atom stereocenters. The monoisotopic (exact) mass is 429 g/mol. The van der Waals surface area contributed by atoms with E-state index in [1.54, 1.807) is 43.3 Å². The quantitative estimate of drug-likeness (QED) is 0.652. The SMILES string of the molecule is Cc1ccc(S(=O)(=O)N[C@H](c2c(C)nn(-c3ccccc3)c2C)C(F)(F)F)s1. The Labute approximate surface area is 164 Å². The van der Waals surface area contributed by atoms with Gasteiger partial charge in [0.2, 0.25) is 0 Å². The van der Waals surface area contributed by atoms with Gasteiger partial charge in [-0.2, -0.15) is 23.0 Å². The summed E-state index contributed by atoms with van der Waals surface area (Å²) in [7, 11) is -4.35. The van der Waals surface area contributed by atoms with Crippen LogP contribution in [-0.4, -0.2) is 24.4 Å². The van der Waals surface area contributed by atoms with Gasteiger partial charge < -0.3 is 0 Å². The number of halogens is 3. The maximum Gasteiger partial charge on any atom is 0.409 e. The fourth-order valence-electron chi connectivity index (χ4n) is 2.95. The summed E-state index contributed by atoms with van der Waals surface area (Å²) >= 11 is 0.914. The van der Waals surface area contributed by atoms with Crippen molar-refractivity contribution in [3.05, 3.63) is 64.3 Å². The van der Waals surface area contributed by atoms with Crippen LogP contribution in [-0.2, 0) is 10.0 Å². The first-order valence-electron chi connectivity index (χ1n) is 8.27. The highest BCUT2D eigenvalue weighted by molar-refractivity contribution is 7.91. The zero-order valence-electron chi connectivity index (χ0n) is 15.3. The molecule has 0 spiro atoms. The van der Waals surface area contributed by atoms with E-state index < -0.39 is 22.2 Å². The summed E-state index contributed by atoms with van der Waals surface area (Å²) in [5.41, 5.74) is 0.713. The van der Waals surface area contributed by atoms with Gasteiger partial charge in [-0.1, -0.05) is 18.2 Å². The molecular weight excluding hydrogens is 411 g/mol. The van der Waals surface area contributed by atoms with Gasteiger partial charge in [0.15, 0.2) is 0 Å². The van der Waals surface area contributed by atoms with Gasteiger partial charge in [-0.05, 0) is 45.0 Å². The predicted octanol–water partition coefficient (Wildman–Crippen LogP) is 4.44. The number of nitrogens with zero attached hydrogens (tertiary/aromatic N) is 2. The van der Waals surface area contributed by atoms with Gasteiger partial charge >= 0.3 is 6.18 Å². The fraction of sp³-hybridized carbons (Fsp3) is 0.278. The normalized spacial score (nSPS) is 13.6. The summed E-state index contributed by atoms with van der Waals surface area (Å²) in [6.07, 6.45) is -4.83. The minimum absolute atomic E-state index is 0.105. The standard InChI is InChI=1S/C18H18F3N3O2S2/c1-11-9-10-15(27-11)28(25,26)23-17(18(19,20)21)16-12(2)22-24(13(16)3)14-7-5-4-6-8-14/h4-10,17,23H,1-3H3/t17-/m1/s1. The van der Waals surface area contributed by atoms with Crippen molar-refractivity contribution in [2.75, 3.05) is 0 Å².